The fourth-order valence-electron chi connectivity index (χ4n) is 1.51. The summed E-state index contributed by atoms with van der Waals surface area (Å²) in [5.74, 6) is 0.716. The van der Waals surface area contributed by atoms with Gasteiger partial charge < -0.3 is 20.9 Å². The average Bonchev–Trinajstić information content (AvgIpc) is 2.30. The number of aliphatic hydroxyl groups is 1. The fraction of sp³-hybridized carbons (Fsp3) is 0.538. The van der Waals surface area contributed by atoms with Gasteiger partial charge in [-0.25, -0.2) is 0 Å². The van der Waals surface area contributed by atoms with Crippen LogP contribution in [0.15, 0.2) is 18.2 Å². The van der Waals surface area contributed by atoms with E-state index >= 15 is 0 Å². The molecule has 1 rings (SSSR count). The van der Waals surface area contributed by atoms with Gasteiger partial charge in [-0.15, -0.1) is 0 Å². The summed E-state index contributed by atoms with van der Waals surface area (Å²) in [6.45, 7) is 4.93. The first-order valence-electron chi connectivity index (χ1n) is 6.07. The Morgan fingerprint density at radius 3 is 2.88 bits per heavy atom. The molecule has 1 atom stereocenters. The van der Waals surface area contributed by atoms with Crippen LogP contribution in [0.2, 0.25) is 0 Å². The summed E-state index contributed by atoms with van der Waals surface area (Å²) in [6, 6.07) is 5.88. The van der Waals surface area contributed by atoms with Gasteiger partial charge in [0.2, 0.25) is 0 Å². The molecule has 0 saturated carbocycles. The minimum absolute atomic E-state index is 0.183. The Hall–Kier alpha value is -1.42. The quantitative estimate of drug-likeness (QED) is 0.637. The van der Waals surface area contributed by atoms with E-state index in [4.69, 9.17) is 15.6 Å². The highest BCUT2D eigenvalue weighted by Gasteiger charge is 2.05. The van der Waals surface area contributed by atoms with Crippen molar-refractivity contribution in [2.45, 2.75) is 32.7 Å². The highest BCUT2D eigenvalue weighted by molar-refractivity contribution is 5.61. The predicted molar refractivity (Wildman–Crippen MR) is 71.4 cm³/mol. The van der Waals surface area contributed by atoms with Crippen molar-refractivity contribution in [2.24, 2.45) is 0 Å². The molecule has 17 heavy (non-hydrogen) atoms. The minimum atomic E-state index is 0.183. The Labute approximate surface area is 103 Å². The lowest BCUT2D eigenvalue weighted by atomic mass is 10.2. The maximum atomic E-state index is 8.84. The van der Waals surface area contributed by atoms with Crippen LogP contribution in [-0.4, -0.2) is 24.4 Å². The molecule has 0 fully saturated rings. The summed E-state index contributed by atoms with van der Waals surface area (Å²) < 4.78 is 5.55. The van der Waals surface area contributed by atoms with Gasteiger partial charge in [0, 0.05) is 24.4 Å². The molecule has 4 nitrogen and oxygen atoms in total. The number of ether oxygens (including phenoxy) is 1. The first-order valence-corrected chi connectivity index (χ1v) is 6.07. The standard InChI is InChI=1S/C13H22N2O2/c1-3-8-17-13-9-11(4-5-12(13)14)15-10(2)6-7-16/h4-5,9-10,15-16H,3,6-8,14H2,1-2H3. The van der Waals surface area contributed by atoms with Gasteiger partial charge in [0.1, 0.15) is 5.75 Å². The van der Waals surface area contributed by atoms with E-state index in [2.05, 4.69) is 12.2 Å². The molecule has 0 radical (unpaired) electrons. The Balaban J connectivity index is 2.67. The largest absolute Gasteiger partial charge is 0.491 e. The highest BCUT2D eigenvalue weighted by Crippen LogP contribution is 2.26. The molecule has 1 aromatic rings. The smallest absolute Gasteiger partial charge is 0.144 e. The van der Waals surface area contributed by atoms with Crippen LogP contribution in [0.1, 0.15) is 26.7 Å². The van der Waals surface area contributed by atoms with E-state index in [1.807, 2.05) is 25.1 Å². The number of rotatable bonds is 7. The van der Waals surface area contributed by atoms with Crippen molar-refractivity contribution in [3.05, 3.63) is 18.2 Å². The molecule has 1 unspecified atom stereocenters. The molecule has 0 spiro atoms. The third-order valence-corrected chi connectivity index (χ3v) is 2.45. The Kier molecular flexibility index (Phi) is 5.63. The minimum Gasteiger partial charge on any atom is -0.491 e. The molecule has 0 aromatic heterocycles. The maximum absolute atomic E-state index is 8.84. The molecule has 4 heteroatoms. The zero-order valence-electron chi connectivity index (χ0n) is 10.6. The summed E-state index contributed by atoms with van der Waals surface area (Å²) in [5, 5.41) is 12.1. The predicted octanol–water partition coefficient (Wildman–Crippen LogP) is 2.24. The number of hydrogen-bond acceptors (Lipinski definition) is 4. The van der Waals surface area contributed by atoms with Crippen molar-refractivity contribution in [1.29, 1.82) is 0 Å². The van der Waals surface area contributed by atoms with Gasteiger partial charge in [-0.1, -0.05) is 6.92 Å². The molecule has 0 amide bonds. The molecule has 0 aliphatic rings. The third kappa shape index (κ3) is 4.53. The second-order valence-electron chi connectivity index (χ2n) is 4.16. The summed E-state index contributed by atoms with van der Waals surface area (Å²) in [5.41, 5.74) is 7.44. The second-order valence-corrected chi connectivity index (χ2v) is 4.16. The van der Waals surface area contributed by atoms with Crippen LogP contribution in [0.5, 0.6) is 5.75 Å². The zero-order valence-corrected chi connectivity index (χ0v) is 10.6. The number of nitrogens with two attached hydrogens (primary N) is 1. The first kappa shape index (κ1) is 13.6. The van der Waals surface area contributed by atoms with Crippen LogP contribution in [0.4, 0.5) is 11.4 Å². The Morgan fingerprint density at radius 2 is 2.24 bits per heavy atom. The van der Waals surface area contributed by atoms with E-state index in [-0.39, 0.29) is 12.6 Å². The van der Waals surface area contributed by atoms with Crippen LogP contribution in [0.3, 0.4) is 0 Å². The summed E-state index contributed by atoms with van der Waals surface area (Å²) in [6.07, 6.45) is 1.67. The van der Waals surface area contributed by atoms with Gasteiger partial charge in [0.05, 0.1) is 12.3 Å². The van der Waals surface area contributed by atoms with E-state index in [0.29, 0.717) is 18.0 Å². The zero-order chi connectivity index (χ0) is 12.7. The Morgan fingerprint density at radius 1 is 1.47 bits per heavy atom. The lowest BCUT2D eigenvalue weighted by molar-refractivity contribution is 0.282. The molecular weight excluding hydrogens is 216 g/mol. The van der Waals surface area contributed by atoms with Gasteiger partial charge in [-0.05, 0) is 31.9 Å². The van der Waals surface area contributed by atoms with Crippen molar-refractivity contribution < 1.29 is 9.84 Å². The summed E-state index contributed by atoms with van der Waals surface area (Å²) >= 11 is 0. The van der Waals surface area contributed by atoms with Gasteiger partial charge in [0.25, 0.3) is 0 Å². The molecule has 96 valence electrons. The molecule has 0 heterocycles. The van der Waals surface area contributed by atoms with Gasteiger partial charge in [0.15, 0.2) is 0 Å². The molecule has 0 bridgehead atoms. The highest BCUT2D eigenvalue weighted by atomic mass is 16.5. The second kappa shape index (κ2) is 7.01. The van der Waals surface area contributed by atoms with Crippen LogP contribution < -0.4 is 15.8 Å². The van der Waals surface area contributed by atoms with Crippen LogP contribution in [-0.2, 0) is 0 Å². The molecule has 1 aromatic carbocycles. The van der Waals surface area contributed by atoms with Crippen molar-refractivity contribution in [1.82, 2.24) is 0 Å². The first-order chi connectivity index (χ1) is 8.17. The number of nitrogen functional groups attached to an aromatic ring is 1. The third-order valence-electron chi connectivity index (χ3n) is 2.45. The number of hydrogen-bond donors (Lipinski definition) is 3. The van der Waals surface area contributed by atoms with Crippen LogP contribution in [0, 0.1) is 0 Å². The molecular formula is C13H22N2O2. The average molecular weight is 238 g/mol. The van der Waals surface area contributed by atoms with Crippen molar-refractivity contribution >= 4 is 11.4 Å². The van der Waals surface area contributed by atoms with Crippen molar-refractivity contribution in [3.63, 3.8) is 0 Å². The van der Waals surface area contributed by atoms with E-state index in [9.17, 15) is 0 Å². The van der Waals surface area contributed by atoms with Gasteiger partial charge in [-0.3, -0.25) is 0 Å². The van der Waals surface area contributed by atoms with Crippen LogP contribution >= 0.6 is 0 Å². The van der Waals surface area contributed by atoms with E-state index in [1.165, 1.54) is 0 Å². The molecule has 0 aliphatic carbocycles. The molecule has 0 aliphatic heterocycles. The van der Waals surface area contributed by atoms with Gasteiger partial charge >= 0.3 is 0 Å². The van der Waals surface area contributed by atoms with Crippen LogP contribution in [0.25, 0.3) is 0 Å². The fourth-order valence-corrected chi connectivity index (χ4v) is 1.51. The van der Waals surface area contributed by atoms with Crippen molar-refractivity contribution in [2.75, 3.05) is 24.3 Å². The number of nitrogens with one attached hydrogen (secondary N) is 1. The van der Waals surface area contributed by atoms with E-state index in [1.54, 1.807) is 0 Å². The lowest BCUT2D eigenvalue weighted by Crippen LogP contribution is -2.16. The summed E-state index contributed by atoms with van der Waals surface area (Å²) in [4.78, 5) is 0. The topological polar surface area (TPSA) is 67.5 Å². The molecule has 0 saturated heterocycles. The van der Waals surface area contributed by atoms with E-state index in [0.717, 1.165) is 18.5 Å². The van der Waals surface area contributed by atoms with Gasteiger partial charge in [-0.2, -0.15) is 0 Å². The number of aliphatic hydroxyl groups excluding tert-OH is 1. The number of anilines is 2. The normalized spacial score (nSPS) is 12.2. The lowest BCUT2D eigenvalue weighted by Gasteiger charge is -2.16. The molecule has 4 N–H and O–H groups in total. The number of benzene rings is 1. The summed E-state index contributed by atoms with van der Waals surface area (Å²) in [7, 11) is 0. The maximum Gasteiger partial charge on any atom is 0.144 e. The Bertz CT molecular complexity index is 342. The monoisotopic (exact) mass is 238 g/mol. The van der Waals surface area contributed by atoms with E-state index < -0.39 is 0 Å². The SMILES string of the molecule is CCCOc1cc(NC(C)CCO)ccc1N. The van der Waals surface area contributed by atoms with Crippen molar-refractivity contribution in [3.8, 4) is 5.75 Å².